The van der Waals surface area contributed by atoms with Gasteiger partial charge in [0.05, 0.1) is 6.04 Å². The Kier molecular flexibility index (Phi) is 4.15. The van der Waals surface area contributed by atoms with Gasteiger partial charge in [0, 0.05) is 0 Å². The first-order valence-corrected chi connectivity index (χ1v) is 5.29. The van der Waals surface area contributed by atoms with E-state index in [0.29, 0.717) is 12.0 Å². The summed E-state index contributed by atoms with van der Waals surface area (Å²) in [5, 5.41) is 1.98. The number of carbonyl (C=O) groups excluding carboxylic acids is 1. The molecule has 1 aromatic carbocycles. The number of halogens is 3. The second kappa shape index (κ2) is 5.21. The number of rotatable bonds is 3. The van der Waals surface area contributed by atoms with Crippen LogP contribution in [0.2, 0.25) is 0 Å². The van der Waals surface area contributed by atoms with E-state index in [-0.39, 0.29) is 0 Å². The smallest absolute Gasteiger partial charge is 0.341 e. The summed E-state index contributed by atoms with van der Waals surface area (Å²) in [6, 6.07) is 6.44. The molecular weight excluding hydrogens is 231 g/mol. The Labute approximate surface area is 97.8 Å². The lowest BCUT2D eigenvalue weighted by Gasteiger charge is -2.18. The molecule has 0 heterocycles. The van der Waals surface area contributed by atoms with E-state index in [0.717, 1.165) is 5.56 Å². The van der Waals surface area contributed by atoms with E-state index in [2.05, 4.69) is 0 Å². The van der Waals surface area contributed by atoms with Gasteiger partial charge in [0.1, 0.15) is 0 Å². The van der Waals surface area contributed by atoms with Crippen molar-refractivity contribution in [2.45, 2.75) is 32.5 Å². The zero-order valence-electron chi connectivity index (χ0n) is 9.64. The summed E-state index contributed by atoms with van der Waals surface area (Å²) < 4.78 is 36.3. The number of benzene rings is 1. The largest absolute Gasteiger partial charge is 0.471 e. The molecule has 1 rings (SSSR count). The molecule has 0 fully saturated rings. The van der Waals surface area contributed by atoms with Gasteiger partial charge in [-0.05, 0) is 18.9 Å². The highest BCUT2D eigenvalue weighted by Crippen LogP contribution is 2.21. The van der Waals surface area contributed by atoms with Crippen LogP contribution in [0.3, 0.4) is 0 Å². The lowest BCUT2D eigenvalue weighted by Crippen LogP contribution is -2.38. The van der Waals surface area contributed by atoms with Crippen molar-refractivity contribution in [2.75, 3.05) is 0 Å². The number of nitrogens with one attached hydrogen (secondary N) is 1. The predicted octanol–water partition coefficient (Wildman–Crippen LogP) is 3.12. The molecular formula is C12H14F3NO. The summed E-state index contributed by atoms with van der Waals surface area (Å²) in [4.78, 5) is 10.8. The molecule has 1 aromatic rings. The van der Waals surface area contributed by atoms with E-state index in [4.69, 9.17) is 0 Å². The van der Waals surface area contributed by atoms with Crippen molar-refractivity contribution in [2.24, 2.45) is 0 Å². The fourth-order valence-corrected chi connectivity index (χ4v) is 1.46. The maximum atomic E-state index is 12.1. The van der Waals surface area contributed by atoms with Gasteiger partial charge in [-0.3, -0.25) is 4.79 Å². The van der Waals surface area contributed by atoms with Gasteiger partial charge in [-0.1, -0.05) is 36.8 Å². The first kappa shape index (κ1) is 13.5. The minimum absolute atomic E-state index is 0.408. The number of hydrogen-bond acceptors (Lipinski definition) is 1. The quantitative estimate of drug-likeness (QED) is 0.870. The molecule has 0 saturated carbocycles. The number of alkyl halides is 3. The molecule has 0 saturated heterocycles. The topological polar surface area (TPSA) is 29.1 Å². The zero-order valence-corrected chi connectivity index (χ0v) is 9.64. The summed E-state index contributed by atoms with van der Waals surface area (Å²) in [5.74, 6) is -1.90. The Morgan fingerprint density at radius 3 is 2.24 bits per heavy atom. The van der Waals surface area contributed by atoms with Crippen molar-refractivity contribution in [3.05, 3.63) is 35.4 Å². The van der Waals surface area contributed by atoms with Crippen LogP contribution in [0.1, 0.15) is 30.5 Å². The van der Waals surface area contributed by atoms with Crippen molar-refractivity contribution in [1.82, 2.24) is 5.32 Å². The summed E-state index contributed by atoms with van der Waals surface area (Å²) in [6.07, 6.45) is -4.43. The Morgan fingerprint density at radius 2 is 1.82 bits per heavy atom. The van der Waals surface area contributed by atoms with Crippen LogP contribution < -0.4 is 5.32 Å². The van der Waals surface area contributed by atoms with Crippen molar-refractivity contribution in [3.8, 4) is 0 Å². The van der Waals surface area contributed by atoms with E-state index in [1.165, 1.54) is 0 Å². The van der Waals surface area contributed by atoms with Crippen LogP contribution in [0, 0.1) is 6.92 Å². The third-order valence-electron chi connectivity index (χ3n) is 2.45. The predicted molar refractivity (Wildman–Crippen MR) is 58.4 cm³/mol. The molecule has 1 atom stereocenters. The van der Waals surface area contributed by atoms with Crippen molar-refractivity contribution in [1.29, 1.82) is 0 Å². The highest BCUT2D eigenvalue weighted by molar-refractivity contribution is 5.82. The van der Waals surface area contributed by atoms with Gasteiger partial charge in [-0.15, -0.1) is 0 Å². The first-order chi connectivity index (χ1) is 7.84. The molecule has 0 bridgehead atoms. The standard InChI is InChI=1S/C12H14F3NO/c1-3-10(16-11(17)12(13,14)15)9-6-4-8(2)5-7-9/h4-7,10H,3H2,1-2H3,(H,16,17). The maximum Gasteiger partial charge on any atom is 0.471 e. The summed E-state index contributed by atoms with van der Waals surface area (Å²) in [7, 11) is 0. The van der Waals surface area contributed by atoms with Crippen molar-refractivity contribution in [3.63, 3.8) is 0 Å². The van der Waals surface area contributed by atoms with E-state index < -0.39 is 18.1 Å². The highest BCUT2D eigenvalue weighted by atomic mass is 19.4. The average molecular weight is 245 g/mol. The van der Waals surface area contributed by atoms with Gasteiger partial charge in [-0.2, -0.15) is 13.2 Å². The molecule has 17 heavy (non-hydrogen) atoms. The van der Waals surface area contributed by atoms with Gasteiger partial charge in [0.15, 0.2) is 0 Å². The number of amides is 1. The Bertz CT molecular complexity index is 384. The summed E-state index contributed by atoms with van der Waals surface area (Å²) in [5.41, 5.74) is 1.70. The fourth-order valence-electron chi connectivity index (χ4n) is 1.46. The molecule has 94 valence electrons. The lowest BCUT2D eigenvalue weighted by atomic mass is 10.0. The van der Waals surface area contributed by atoms with E-state index in [1.807, 2.05) is 12.2 Å². The summed E-state index contributed by atoms with van der Waals surface area (Å²) >= 11 is 0. The molecule has 1 amide bonds. The Balaban J connectivity index is 2.79. The second-order valence-corrected chi connectivity index (χ2v) is 3.84. The third-order valence-corrected chi connectivity index (χ3v) is 2.45. The third kappa shape index (κ3) is 3.76. The van der Waals surface area contributed by atoms with Crippen LogP contribution in [0.25, 0.3) is 0 Å². The Morgan fingerprint density at radius 1 is 1.29 bits per heavy atom. The second-order valence-electron chi connectivity index (χ2n) is 3.84. The maximum absolute atomic E-state index is 12.1. The normalized spacial score (nSPS) is 13.2. The molecule has 0 spiro atoms. The SMILES string of the molecule is CCC(NC(=O)C(F)(F)F)c1ccc(C)cc1. The van der Waals surface area contributed by atoms with Gasteiger partial charge >= 0.3 is 12.1 Å². The van der Waals surface area contributed by atoms with Crippen LogP contribution in [-0.2, 0) is 4.79 Å². The highest BCUT2D eigenvalue weighted by Gasteiger charge is 2.39. The Hall–Kier alpha value is -1.52. The van der Waals surface area contributed by atoms with Gasteiger partial charge in [0.25, 0.3) is 0 Å². The average Bonchev–Trinajstić information content (AvgIpc) is 2.25. The molecule has 0 aliphatic rings. The van der Waals surface area contributed by atoms with Crippen molar-refractivity contribution < 1.29 is 18.0 Å². The lowest BCUT2D eigenvalue weighted by molar-refractivity contribution is -0.174. The minimum Gasteiger partial charge on any atom is -0.341 e. The molecule has 0 radical (unpaired) electrons. The van der Waals surface area contributed by atoms with Gasteiger partial charge < -0.3 is 5.32 Å². The number of aryl methyl sites for hydroxylation is 1. The van der Waals surface area contributed by atoms with E-state index in [9.17, 15) is 18.0 Å². The van der Waals surface area contributed by atoms with E-state index in [1.54, 1.807) is 31.2 Å². The first-order valence-electron chi connectivity index (χ1n) is 5.29. The van der Waals surface area contributed by atoms with Crippen LogP contribution in [-0.4, -0.2) is 12.1 Å². The molecule has 0 aromatic heterocycles. The monoisotopic (exact) mass is 245 g/mol. The molecule has 5 heteroatoms. The van der Waals surface area contributed by atoms with E-state index >= 15 is 0 Å². The van der Waals surface area contributed by atoms with Crippen LogP contribution >= 0.6 is 0 Å². The molecule has 1 unspecified atom stereocenters. The molecule has 0 aliphatic heterocycles. The van der Waals surface area contributed by atoms with Crippen molar-refractivity contribution >= 4 is 5.91 Å². The summed E-state index contributed by atoms with van der Waals surface area (Å²) in [6.45, 7) is 3.61. The zero-order chi connectivity index (χ0) is 13.1. The molecule has 0 aliphatic carbocycles. The molecule has 2 nitrogen and oxygen atoms in total. The van der Waals surface area contributed by atoms with Gasteiger partial charge in [-0.25, -0.2) is 0 Å². The van der Waals surface area contributed by atoms with Gasteiger partial charge in [0.2, 0.25) is 0 Å². The van der Waals surface area contributed by atoms with Crippen LogP contribution in [0.15, 0.2) is 24.3 Å². The fraction of sp³-hybridized carbons (Fsp3) is 0.417. The molecule has 1 N–H and O–H groups in total. The number of carbonyl (C=O) groups is 1. The minimum atomic E-state index is -4.84. The van der Waals surface area contributed by atoms with Crippen LogP contribution in [0.4, 0.5) is 13.2 Å². The van der Waals surface area contributed by atoms with Crippen LogP contribution in [0.5, 0.6) is 0 Å². The number of hydrogen-bond donors (Lipinski definition) is 1.